The minimum Gasteiger partial charge on any atom is -0.363 e. The molecule has 1 unspecified atom stereocenters. The fourth-order valence-corrected chi connectivity index (χ4v) is 3.01. The largest absolute Gasteiger partial charge is 0.363 e. The number of aromatic nitrogens is 3. The summed E-state index contributed by atoms with van der Waals surface area (Å²) in [6.45, 7) is 0. The molecular weight excluding hydrogens is 354 g/mol. The second-order valence-corrected chi connectivity index (χ2v) is 6.02. The van der Waals surface area contributed by atoms with E-state index in [2.05, 4.69) is 19.0 Å². The fraction of sp³-hybridized carbons (Fsp3) is 0.118. The van der Waals surface area contributed by atoms with E-state index in [9.17, 15) is 14.4 Å². The van der Waals surface area contributed by atoms with E-state index in [1.54, 1.807) is 42.6 Å². The van der Waals surface area contributed by atoms with E-state index in [1.807, 2.05) is 6.07 Å². The molecule has 2 aromatic heterocycles. The number of nitrogens with one attached hydrogen (secondary N) is 2. The van der Waals surface area contributed by atoms with Gasteiger partial charge in [0.15, 0.2) is 5.69 Å². The number of nitrogens with two attached hydrogens (primary N) is 1. The second kappa shape index (κ2) is 7.70. The Kier molecular flexibility index (Phi) is 5.18. The van der Waals surface area contributed by atoms with Crippen molar-refractivity contribution in [3.8, 4) is 11.4 Å². The molecule has 0 aliphatic rings. The molecule has 0 saturated carbocycles. The van der Waals surface area contributed by atoms with Crippen molar-refractivity contribution in [1.82, 2.24) is 19.0 Å². The molecule has 3 rings (SSSR count). The topological polar surface area (TPSA) is 131 Å². The normalized spacial score (nSPS) is 11.7. The molecule has 26 heavy (non-hydrogen) atoms. The van der Waals surface area contributed by atoms with Crippen LogP contribution in [0.5, 0.6) is 0 Å². The number of Topliss-reactive ketones (excluding diaryl/α,β-unsaturated/α-hetero) is 1. The lowest BCUT2D eigenvalue weighted by Gasteiger charge is -2.16. The van der Waals surface area contributed by atoms with E-state index < -0.39 is 23.6 Å². The monoisotopic (exact) mass is 369 g/mol. The lowest BCUT2D eigenvalue weighted by atomic mass is 10.0. The number of carbonyl (C=O) groups is 3. The summed E-state index contributed by atoms with van der Waals surface area (Å²) in [5.41, 5.74) is 6.99. The standard InChI is InChI=1S/C17H15N5O3S/c18-16(24)15(23)12(9-10-5-2-1-3-6-10)20-17(25)14-13(21-26-22-14)11-7-4-8-19-11/h1-8,12,19H,9H2,(H2,18,24)(H,20,25). The number of benzene rings is 1. The summed E-state index contributed by atoms with van der Waals surface area (Å²) in [5.74, 6) is -2.57. The zero-order valence-corrected chi connectivity index (χ0v) is 14.3. The molecule has 3 aromatic rings. The van der Waals surface area contributed by atoms with Crippen LogP contribution in [-0.4, -0.2) is 37.4 Å². The Morgan fingerprint density at radius 2 is 1.88 bits per heavy atom. The molecule has 8 nitrogen and oxygen atoms in total. The molecule has 0 saturated heterocycles. The minimum absolute atomic E-state index is 0.0767. The number of primary amides is 1. The molecule has 0 radical (unpaired) electrons. The number of hydrogen-bond donors (Lipinski definition) is 3. The first-order chi connectivity index (χ1) is 12.6. The van der Waals surface area contributed by atoms with Gasteiger partial charge in [-0.15, -0.1) is 0 Å². The van der Waals surface area contributed by atoms with E-state index in [-0.39, 0.29) is 12.1 Å². The van der Waals surface area contributed by atoms with Gasteiger partial charge in [-0.1, -0.05) is 30.3 Å². The Balaban J connectivity index is 1.83. The maximum atomic E-state index is 12.6. The molecule has 0 bridgehead atoms. The van der Waals surface area contributed by atoms with Crippen LogP contribution >= 0.6 is 11.7 Å². The van der Waals surface area contributed by atoms with Crippen molar-refractivity contribution in [2.75, 3.05) is 0 Å². The average Bonchev–Trinajstić information content (AvgIpc) is 3.32. The van der Waals surface area contributed by atoms with Gasteiger partial charge >= 0.3 is 0 Å². The predicted molar refractivity (Wildman–Crippen MR) is 95.3 cm³/mol. The van der Waals surface area contributed by atoms with Crippen LogP contribution in [0.4, 0.5) is 0 Å². The third-order valence-electron chi connectivity index (χ3n) is 3.70. The van der Waals surface area contributed by atoms with E-state index >= 15 is 0 Å². The average molecular weight is 369 g/mol. The highest BCUT2D eigenvalue weighted by Gasteiger charge is 2.28. The lowest BCUT2D eigenvalue weighted by Crippen LogP contribution is -2.47. The van der Waals surface area contributed by atoms with Crippen LogP contribution in [0, 0.1) is 0 Å². The Morgan fingerprint density at radius 1 is 1.12 bits per heavy atom. The summed E-state index contributed by atoms with van der Waals surface area (Å²) < 4.78 is 8.12. The molecule has 1 atom stereocenters. The van der Waals surface area contributed by atoms with Gasteiger partial charge in [-0.25, -0.2) is 0 Å². The van der Waals surface area contributed by atoms with E-state index in [4.69, 9.17) is 5.73 Å². The van der Waals surface area contributed by atoms with Gasteiger partial charge in [0.1, 0.15) is 11.7 Å². The van der Waals surface area contributed by atoms with E-state index in [1.165, 1.54) is 0 Å². The van der Waals surface area contributed by atoms with Gasteiger partial charge in [-0.05, 0) is 17.7 Å². The number of carbonyl (C=O) groups excluding carboxylic acids is 3. The number of aromatic amines is 1. The van der Waals surface area contributed by atoms with Crippen molar-refractivity contribution < 1.29 is 14.4 Å². The third-order valence-corrected chi connectivity index (χ3v) is 4.23. The van der Waals surface area contributed by atoms with Crippen molar-refractivity contribution in [3.63, 3.8) is 0 Å². The summed E-state index contributed by atoms with van der Waals surface area (Å²) in [7, 11) is 0. The van der Waals surface area contributed by atoms with Gasteiger partial charge in [0.05, 0.1) is 17.4 Å². The Hall–Kier alpha value is -3.33. The van der Waals surface area contributed by atoms with E-state index in [0.717, 1.165) is 17.3 Å². The van der Waals surface area contributed by atoms with Gasteiger partial charge in [0.2, 0.25) is 5.78 Å². The fourth-order valence-electron chi connectivity index (χ4n) is 2.45. The van der Waals surface area contributed by atoms with Gasteiger partial charge in [-0.3, -0.25) is 14.4 Å². The first kappa shape index (κ1) is 17.5. The van der Waals surface area contributed by atoms with Gasteiger partial charge < -0.3 is 16.0 Å². The first-order valence-electron chi connectivity index (χ1n) is 7.71. The van der Waals surface area contributed by atoms with Crippen molar-refractivity contribution in [1.29, 1.82) is 0 Å². The first-order valence-corrected chi connectivity index (χ1v) is 8.44. The smallest absolute Gasteiger partial charge is 0.287 e. The molecule has 132 valence electrons. The number of rotatable bonds is 7. The van der Waals surface area contributed by atoms with Crippen LogP contribution in [0.1, 0.15) is 16.1 Å². The zero-order valence-electron chi connectivity index (χ0n) is 13.5. The predicted octanol–water partition coefficient (Wildman–Crippen LogP) is 0.929. The Bertz CT molecular complexity index is 921. The summed E-state index contributed by atoms with van der Waals surface area (Å²) >= 11 is 0.881. The van der Waals surface area contributed by atoms with Crippen molar-refractivity contribution >= 4 is 29.3 Å². The van der Waals surface area contributed by atoms with Crippen LogP contribution in [0.2, 0.25) is 0 Å². The molecule has 4 N–H and O–H groups in total. The molecule has 0 fully saturated rings. The van der Waals surface area contributed by atoms with E-state index in [0.29, 0.717) is 11.4 Å². The molecule has 0 aliphatic heterocycles. The molecule has 1 aromatic carbocycles. The van der Waals surface area contributed by atoms with Gasteiger partial charge in [0, 0.05) is 12.6 Å². The third kappa shape index (κ3) is 3.83. The zero-order chi connectivity index (χ0) is 18.5. The Morgan fingerprint density at radius 3 is 2.54 bits per heavy atom. The number of amides is 2. The highest BCUT2D eigenvalue weighted by molar-refractivity contribution is 6.99. The molecular formula is C17H15N5O3S. The molecule has 0 spiro atoms. The number of H-pyrrole nitrogens is 1. The summed E-state index contributed by atoms with van der Waals surface area (Å²) in [4.78, 5) is 39.1. The van der Waals surface area contributed by atoms with Crippen molar-refractivity contribution in [2.24, 2.45) is 5.73 Å². The molecule has 2 amide bonds. The highest BCUT2D eigenvalue weighted by atomic mass is 32.1. The maximum Gasteiger partial charge on any atom is 0.287 e. The quantitative estimate of drug-likeness (QED) is 0.533. The molecule has 2 heterocycles. The summed E-state index contributed by atoms with van der Waals surface area (Å²) in [6.07, 6.45) is 1.84. The molecule has 0 aliphatic carbocycles. The lowest BCUT2D eigenvalue weighted by molar-refractivity contribution is -0.137. The van der Waals surface area contributed by atoms with Crippen LogP contribution in [0.3, 0.4) is 0 Å². The Labute approximate surface area is 152 Å². The van der Waals surface area contributed by atoms with Crippen molar-refractivity contribution in [3.05, 3.63) is 59.9 Å². The van der Waals surface area contributed by atoms with Gasteiger partial charge in [0.25, 0.3) is 11.8 Å². The maximum absolute atomic E-state index is 12.6. The SMILES string of the molecule is NC(=O)C(=O)C(Cc1ccccc1)NC(=O)c1nsnc1-c1ccc[nH]1. The van der Waals surface area contributed by atoms with Crippen molar-refractivity contribution in [2.45, 2.75) is 12.5 Å². The minimum atomic E-state index is -1.10. The second-order valence-electron chi connectivity index (χ2n) is 5.49. The summed E-state index contributed by atoms with van der Waals surface area (Å²) in [5, 5.41) is 2.55. The van der Waals surface area contributed by atoms with Crippen LogP contribution in [0.15, 0.2) is 48.7 Å². The van der Waals surface area contributed by atoms with Crippen LogP contribution < -0.4 is 11.1 Å². The van der Waals surface area contributed by atoms with Gasteiger partial charge in [-0.2, -0.15) is 8.75 Å². The summed E-state index contributed by atoms with van der Waals surface area (Å²) in [6, 6.07) is 11.5. The van der Waals surface area contributed by atoms with Crippen LogP contribution in [-0.2, 0) is 16.0 Å². The molecule has 9 heteroatoms. The number of hydrogen-bond acceptors (Lipinski definition) is 6. The highest BCUT2D eigenvalue weighted by Crippen LogP contribution is 2.20. The number of nitrogens with zero attached hydrogens (tertiary/aromatic N) is 2. The van der Waals surface area contributed by atoms with Crippen LogP contribution in [0.25, 0.3) is 11.4 Å². The number of ketones is 1.